The second-order valence-electron chi connectivity index (χ2n) is 5.22. The van der Waals surface area contributed by atoms with Crippen molar-refractivity contribution >= 4 is 23.1 Å². The van der Waals surface area contributed by atoms with Gasteiger partial charge < -0.3 is 0 Å². The second-order valence-corrected chi connectivity index (χ2v) is 6.34. The van der Waals surface area contributed by atoms with E-state index in [1.807, 2.05) is 0 Å². The number of hydrogen-bond acceptors (Lipinski definition) is 3. The summed E-state index contributed by atoms with van der Waals surface area (Å²) in [6.45, 7) is 0. The minimum absolute atomic E-state index is 0.436. The molecule has 1 heterocycles. The highest BCUT2D eigenvalue weighted by molar-refractivity contribution is 7.05. The van der Waals surface area contributed by atoms with Crippen molar-refractivity contribution < 1.29 is 0 Å². The number of hydrogen-bond donors (Lipinski definition) is 0. The lowest BCUT2D eigenvalue weighted by molar-refractivity contribution is 0.155. The minimum Gasteiger partial charge on any atom is -0.209 e. The average Bonchev–Trinajstić information content (AvgIpc) is 2.75. The molecule has 2 aliphatic rings. The minimum atomic E-state index is 0.436. The van der Waals surface area contributed by atoms with E-state index in [-0.39, 0.29) is 0 Å². The zero-order valence-electron chi connectivity index (χ0n) is 9.36. The first-order valence-electron chi connectivity index (χ1n) is 6.32. The topological polar surface area (TPSA) is 25.8 Å². The van der Waals surface area contributed by atoms with Crippen molar-refractivity contribution in [2.75, 3.05) is 0 Å². The van der Waals surface area contributed by atoms with Crippen LogP contribution in [0.15, 0.2) is 0 Å². The molecule has 3 unspecified atom stereocenters. The summed E-state index contributed by atoms with van der Waals surface area (Å²) in [6, 6.07) is 0. The number of fused-ring (bicyclic) bond motifs is 1. The molecule has 0 saturated heterocycles. The van der Waals surface area contributed by atoms with E-state index in [9.17, 15) is 0 Å². The summed E-state index contributed by atoms with van der Waals surface area (Å²) in [4.78, 5) is 4.34. The third-order valence-corrected chi connectivity index (χ3v) is 5.45. The lowest BCUT2D eigenvalue weighted by atomic mass is 9.68. The highest BCUT2D eigenvalue weighted by Crippen LogP contribution is 2.46. The van der Waals surface area contributed by atoms with Crippen LogP contribution >= 0.6 is 23.1 Å². The molecule has 0 amide bonds. The zero-order valence-corrected chi connectivity index (χ0v) is 10.9. The summed E-state index contributed by atoms with van der Waals surface area (Å²) < 4.78 is 4.09. The molecule has 2 nitrogen and oxygen atoms in total. The van der Waals surface area contributed by atoms with Crippen molar-refractivity contribution in [2.45, 2.75) is 50.9 Å². The Kier molecular flexibility index (Phi) is 3.16. The summed E-state index contributed by atoms with van der Waals surface area (Å²) in [6.07, 6.45) is 9.82. The standard InChI is InChI=1S/C12H17ClN2S/c13-12-14-11(16-15-12)10-6-5-8-3-1-2-4-9(8)7-10/h8-10H,1-7H2. The third kappa shape index (κ3) is 2.12. The summed E-state index contributed by atoms with van der Waals surface area (Å²) in [7, 11) is 0. The van der Waals surface area contributed by atoms with Gasteiger partial charge in [0.25, 0.3) is 0 Å². The third-order valence-electron chi connectivity index (χ3n) is 4.31. The molecule has 2 fully saturated rings. The van der Waals surface area contributed by atoms with Crippen LogP contribution in [0.2, 0.25) is 5.28 Å². The highest BCUT2D eigenvalue weighted by Gasteiger charge is 2.33. The first kappa shape index (κ1) is 11.0. The summed E-state index contributed by atoms with van der Waals surface area (Å²) >= 11 is 7.31. The molecule has 88 valence electrons. The Morgan fingerprint density at radius 2 is 1.88 bits per heavy atom. The van der Waals surface area contributed by atoms with E-state index in [1.54, 1.807) is 0 Å². The van der Waals surface area contributed by atoms with E-state index in [2.05, 4.69) is 9.36 Å². The second kappa shape index (κ2) is 4.61. The molecule has 0 radical (unpaired) electrons. The van der Waals surface area contributed by atoms with Gasteiger partial charge in [0.2, 0.25) is 5.28 Å². The molecule has 0 spiro atoms. The maximum absolute atomic E-state index is 5.81. The molecular weight excluding hydrogens is 240 g/mol. The van der Waals surface area contributed by atoms with Crippen molar-refractivity contribution in [3.63, 3.8) is 0 Å². The van der Waals surface area contributed by atoms with Gasteiger partial charge in [-0.3, -0.25) is 0 Å². The first-order chi connectivity index (χ1) is 7.83. The van der Waals surface area contributed by atoms with Crippen LogP contribution in [0, 0.1) is 11.8 Å². The lowest BCUT2D eigenvalue weighted by Gasteiger charge is -2.38. The van der Waals surface area contributed by atoms with Crippen molar-refractivity contribution in [3.05, 3.63) is 10.3 Å². The van der Waals surface area contributed by atoms with E-state index in [4.69, 9.17) is 11.6 Å². The highest BCUT2D eigenvalue weighted by atomic mass is 35.5. The van der Waals surface area contributed by atoms with Crippen molar-refractivity contribution in [1.82, 2.24) is 9.36 Å². The molecule has 3 rings (SSSR count). The smallest absolute Gasteiger partial charge is 0.209 e. The fourth-order valence-electron chi connectivity index (χ4n) is 3.48. The molecule has 1 aromatic heterocycles. The van der Waals surface area contributed by atoms with Gasteiger partial charge in [-0.05, 0) is 54.2 Å². The number of rotatable bonds is 1. The van der Waals surface area contributed by atoms with Gasteiger partial charge in [-0.25, -0.2) is 4.98 Å². The maximum atomic E-state index is 5.81. The maximum Gasteiger partial charge on any atom is 0.234 e. The van der Waals surface area contributed by atoms with Crippen LogP contribution in [0.25, 0.3) is 0 Å². The SMILES string of the molecule is Clc1nsc(C2CCC3CCCCC3C2)n1. The lowest BCUT2D eigenvalue weighted by Crippen LogP contribution is -2.26. The Morgan fingerprint density at radius 1 is 1.06 bits per heavy atom. The molecule has 0 aromatic carbocycles. The van der Waals surface area contributed by atoms with Gasteiger partial charge in [-0.15, -0.1) is 0 Å². The Bertz CT molecular complexity index is 366. The van der Waals surface area contributed by atoms with Crippen molar-refractivity contribution in [1.29, 1.82) is 0 Å². The Hall–Kier alpha value is -0.150. The molecule has 16 heavy (non-hydrogen) atoms. The van der Waals surface area contributed by atoms with Crippen LogP contribution in [-0.2, 0) is 0 Å². The molecule has 2 aliphatic carbocycles. The van der Waals surface area contributed by atoms with Gasteiger partial charge in [0.1, 0.15) is 5.01 Å². The number of aromatic nitrogens is 2. The molecular formula is C12H17ClN2S. The predicted molar refractivity (Wildman–Crippen MR) is 67.0 cm³/mol. The zero-order chi connectivity index (χ0) is 11.0. The molecule has 0 bridgehead atoms. The molecule has 2 saturated carbocycles. The van der Waals surface area contributed by atoms with Gasteiger partial charge in [0.05, 0.1) is 0 Å². The monoisotopic (exact) mass is 256 g/mol. The molecule has 4 heteroatoms. The van der Waals surface area contributed by atoms with Crippen LogP contribution in [0.3, 0.4) is 0 Å². The summed E-state index contributed by atoms with van der Waals surface area (Å²) in [5.74, 6) is 2.60. The van der Waals surface area contributed by atoms with E-state index in [1.165, 1.54) is 61.5 Å². The van der Waals surface area contributed by atoms with Gasteiger partial charge >= 0.3 is 0 Å². The number of halogens is 1. The van der Waals surface area contributed by atoms with Gasteiger partial charge in [0.15, 0.2) is 0 Å². The van der Waals surface area contributed by atoms with E-state index in [0.717, 1.165) is 11.8 Å². The fourth-order valence-corrected chi connectivity index (χ4v) is 4.42. The van der Waals surface area contributed by atoms with E-state index >= 15 is 0 Å². The molecule has 0 aliphatic heterocycles. The van der Waals surface area contributed by atoms with Crippen LogP contribution in [0.5, 0.6) is 0 Å². The fraction of sp³-hybridized carbons (Fsp3) is 0.833. The van der Waals surface area contributed by atoms with E-state index < -0.39 is 0 Å². The first-order valence-corrected chi connectivity index (χ1v) is 7.47. The van der Waals surface area contributed by atoms with Gasteiger partial charge in [0, 0.05) is 5.92 Å². The van der Waals surface area contributed by atoms with Crippen LogP contribution < -0.4 is 0 Å². The summed E-state index contributed by atoms with van der Waals surface area (Å²) in [5.41, 5.74) is 0. The Morgan fingerprint density at radius 3 is 2.62 bits per heavy atom. The summed E-state index contributed by atoms with van der Waals surface area (Å²) in [5, 5.41) is 1.61. The van der Waals surface area contributed by atoms with Crippen LogP contribution in [-0.4, -0.2) is 9.36 Å². The number of nitrogens with zero attached hydrogens (tertiary/aromatic N) is 2. The van der Waals surface area contributed by atoms with Crippen molar-refractivity contribution in [3.8, 4) is 0 Å². The van der Waals surface area contributed by atoms with Crippen molar-refractivity contribution in [2.24, 2.45) is 11.8 Å². The molecule has 0 N–H and O–H groups in total. The normalized spacial score (nSPS) is 34.7. The van der Waals surface area contributed by atoms with Gasteiger partial charge in [-0.1, -0.05) is 25.7 Å². The average molecular weight is 257 g/mol. The predicted octanol–water partition coefficient (Wildman–Crippen LogP) is 4.27. The van der Waals surface area contributed by atoms with Crippen LogP contribution in [0.1, 0.15) is 55.9 Å². The quantitative estimate of drug-likeness (QED) is 0.750. The molecule has 3 atom stereocenters. The molecule has 1 aromatic rings. The van der Waals surface area contributed by atoms with Crippen LogP contribution in [0.4, 0.5) is 0 Å². The largest absolute Gasteiger partial charge is 0.234 e. The van der Waals surface area contributed by atoms with Gasteiger partial charge in [-0.2, -0.15) is 4.37 Å². The Labute approximate surface area is 106 Å². The Balaban J connectivity index is 1.70. The van der Waals surface area contributed by atoms with E-state index in [0.29, 0.717) is 11.2 Å².